The van der Waals surface area contributed by atoms with Crippen molar-refractivity contribution in [2.45, 2.75) is 17.7 Å². The van der Waals surface area contributed by atoms with Gasteiger partial charge in [-0.3, -0.25) is 9.69 Å². The highest BCUT2D eigenvalue weighted by Gasteiger charge is 2.39. The standard InChI is InChI=1S/C14H15N2O5PS/c1-22-21-14(20)16-7-10(23)6-11(16)12(17)15-9-4-2-3-8(5-9)13(18)19/h2-5,10-11,23H,1,6-7H2,(H,15,17)(H,18,19)/t10-,11-/m0/s1. The van der Waals surface area contributed by atoms with E-state index in [2.05, 4.69) is 24.2 Å². The van der Waals surface area contributed by atoms with Crippen LogP contribution in [0, 0.1) is 0 Å². The Balaban J connectivity index is 2.12. The van der Waals surface area contributed by atoms with Crippen molar-refractivity contribution in [1.29, 1.82) is 0 Å². The first-order valence-electron chi connectivity index (χ1n) is 6.68. The third-order valence-corrected chi connectivity index (χ3v) is 4.00. The molecule has 0 aliphatic carbocycles. The molecule has 0 bridgehead atoms. The molecular formula is C14H15N2O5PS. The van der Waals surface area contributed by atoms with Crippen LogP contribution in [0.5, 0.6) is 0 Å². The van der Waals surface area contributed by atoms with Crippen molar-refractivity contribution in [3.63, 3.8) is 0 Å². The summed E-state index contributed by atoms with van der Waals surface area (Å²) in [6.07, 6.45) is 3.17. The van der Waals surface area contributed by atoms with E-state index in [-0.39, 0.29) is 19.2 Å². The highest BCUT2D eigenvalue weighted by molar-refractivity contribution is 7.81. The molecule has 1 aromatic rings. The average molecular weight is 354 g/mol. The van der Waals surface area contributed by atoms with Gasteiger partial charge in [0.2, 0.25) is 5.91 Å². The van der Waals surface area contributed by atoms with E-state index in [9.17, 15) is 14.4 Å². The van der Waals surface area contributed by atoms with Crippen LogP contribution in [0.15, 0.2) is 24.3 Å². The van der Waals surface area contributed by atoms with E-state index < -0.39 is 24.0 Å². The number of benzene rings is 1. The average Bonchev–Trinajstić information content (AvgIpc) is 2.90. The normalized spacial score (nSPS) is 20.3. The number of carbonyl (C=O) groups excluding carboxylic acids is 2. The van der Waals surface area contributed by atoms with Crippen LogP contribution >= 0.6 is 21.1 Å². The number of rotatable bonds is 4. The minimum Gasteiger partial charge on any atom is -0.478 e. The fourth-order valence-electron chi connectivity index (χ4n) is 2.33. The monoisotopic (exact) mass is 354 g/mol. The zero-order chi connectivity index (χ0) is 17.0. The second-order valence-corrected chi connectivity index (χ2v) is 6.09. The number of hydrogen-bond acceptors (Lipinski definition) is 5. The van der Waals surface area contributed by atoms with Crippen LogP contribution in [0.2, 0.25) is 0 Å². The minimum absolute atomic E-state index is 0.0633. The highest BCUT2D eigenvalue weighted by Crippen LogP contribution is 2.25. The summed E-state index contributed by atoms with van der Waals surface area (Å²) in [7, 11) is 0.202. The SMILES string of the molecule is C=POC(=O)N1C[C@@H](S)C[C@H]1C(=O)Nc1cccc(C(=O)O)c1. The van der Waals surface area contributed by atoms with E-state index >= 15 is 0 Å². The first-order chi connectivity index (χ1) is 10.9. The molecule has 0 spiro atoms. The molecule has 1 saturated heterocycles. The van der Waals surface area contributed by atoms with Gasteiger partial charge in [-0.05, 0) is 30.9 Å². The predicted molar refractivity (Wildman–Crippen MR) is 90.4 cm³/mol. The maximum Gasteiger partial charge on any atom is 0.418 e. The molecule has 2 amide bonds. The second-order valence-electron chi connectivity index (χ2n) is 4.92. The number of amides is 2. The van der Waals surface area contributed by atoms with E-state index in [0.29, 0.717) is 18.7 Å². The third-order valence-electron chi connectivity index (χ3n) is 3.34. The highest BCUT2D eigenvalue weighted by atomic mass is 32.1. The molecule has 1 fully saturated rings. The number of likely N-dealkylation sites (tertiary alicyclic amines) is 1. The first-order valence-corrected chi connectivity index (χ1v) is 8.19. The molecule has 9 heteroatoms. The van der Waals surface area contributed by atoms with Gasteiger partial charge in [-0.2, -0.15) is 12.6 Å². The topological polar surface area (TPSA) is 95.9 Å². The summed E-state index contributed by atoms with van der Waals surface area (Å²) >= 11 is 4.31. The van der Waals surface area contributed by atoms with Crippen LogP contribution in [0.1, 0.15) is 16.8 Å². The van der Waals surface area contributed by atoms with Gasteiger partial charge in [0, 0.05) is 17.5 Å². The van der Waals surface area contributed by atoms with E-state index in [0.717, 1.165) is 0 Å². The van der Waals surface area contributed by atoms with Crippen LogP contribution in [0.3, 0.4) is 0 Å². The molecule has 2 atom stereocenters. The number of nitrogens with zero attached hydrogens (tertiary/aromatic N) is 1. The molecule has 2 rings (SSSR count). The van der Waals surface area contributed by atoms with Crippen LogP contribution in [0.25, 0.3) is 0 Å². The Morgan fingerprint density at radius 3 is 2.83 bits per heavy atom. The summed E-state index contributed by atoms with van der Waals surface area (Å²) in [6.45, 7) is 0.296. The van der Waals surface area contributed by atoms with E-state index in [1.165, 1.54) is 23.1 Å². The van der Waals surface area contributed by atoms with Gasteiger partial charge in [0.25, 0.3) is 0 Å². The van der Waals surface area contributed by atoms with Gasteiger partial charge in [-0.25, -0.2) is 9.59 Å². The zero-order valence-electron chi connectivity index (χ0n) is 12.0. The molecule has 0 radical (unpaired) electrons. The van der Waals surface area contributed by atoms with Gasteiger partial charge in [-0.1, -0.05) is 6.07 Å². The summed E-state index contributed by atoms with van der Waals surface area (Å²) in [6, 6.07) is 5.16. The number of carbonyl (C=O) groups is 3. The molecule has 1 aliphatic heterocycles. The van der Waals surface area contributed by atoms with Crippen LogP contribution in [0.4, 0.5) is 10.5 Å². The Hall–Kier alpha value is -2.05. The minimum atomic E-state index is -1.09. The lowest BCUT2D eigenvalue weighted by atomic mass is 10.1. The lowest BCUT2D eigenvalue weighted by Crippen LogP contribution is -2.42. The van der Waals surface area contributed by atoms with Crippen molar-refractivity contribution < 1.29 is 24.0 Å². The Morgan fingerprint density at radius 2 is 2.17 bits per heavy atom. The Labute approximate surface area is 139 Å². The van der Waals surface area contributed by atoms with Crippen LogP contribution < -0.4 is 5.32 Å². The van der Waals surface area contributed by atoms with E-state index in [1.807, 2.05) is 0 Å². The van der Waals surface area contributed by atoms with Gasteiger partial charge >= 0.3 is 12.1 Å². The molecule has 122 valence electrons. The van der Waals surface area contributed by atoms with Crippen LogP contribution in [-0.4, -0.2) is 52.1 Å². The number of anilines is 1. The van der Waals surface area contributed by atoms with Gasteiger partial charge in [0.15, 0.2) is 0 Å². The summed E-state index contributed by atoms with van der Waals surface area (Å²) in [5, 5.41) is 11.5. The molecular weight excluding hydrogens is 339 g/mol. The van der Waals surface area contributed by atoms with Crippen LogP contribution in [-0.2, 0) is 9.32 Å². The second kappa shape index (κ2) is 7.48. The number of hydrogen-bond donors (Lipinski definition) is 3. The largest absolute Gasteiger partial charge is 0.478 e. The molecule has 0 aromatic heterocycles. The maximum atomic E-state index is 12.4. The van der Waals surface area contributed by atoms with Crippen molar-refractivity contribution >= 4 is 51.0 Å². The number of carboxylic acid groups (broad SMARTS) is 1. The molecule has 0 unspecified atom stereocenters. The molecule has 23 heavy (non-hydrogen) atoms. The molecule has 1 aliphatic rings. The quantitative estimate of drug-likeness (QED) is 0.569. The Bertz CT molecular complexity index is 654. The summed E-state index contributed by atoms with van der Waals surface area (Å²) in [5.41, 5.74) is 0.412. The smallest absolute Gasteiger partial charge is 0.418 e. The van der Waals surface area contributed by atoms with Gasteiger partial charge < -0.3 is 14.9 Å². The lowest BCUT2D eigenvalue weighted by molar-refractivity contribution is -0.119. The molecule has 7 nitrogen and oxygen atoms in total. The molecule has 0 saturated carbocycles. The number of nitrogens with one attached hydrogen (secondary N) is 1. The van der Waals surface area contributed by atoms with Crippen molar-refractivity contribution in [2.75, 3.05) is 11.9 Å². The van der Waals surface area contributed by atoms with E-state index in [1.54, 1.807) is 6.07 Å². The van der Waals surface area contributed by atoms with Crippen molar-refractivity contribution in [3.05, 3.63) is 29.8 Å². The third kappa shape index (κ3) is 4.24. The predicted octanol–water partition coefficient (Wildman–Crippen LogP) is 2.13. The van der Waals surface area contributed by atoms with Gasteiger partial charge in [0.1, 0.15) is 14.5 Å². The molecule has 1 heterocycles. The molecule has 1 aromatic carbocycles. The molecule has 2 N–H and O–H groups in total. The maximum absolute atomic E-state index is 12.4. The Morgan fingerprint density at radius 1 is 1.43 bits per heavy atom. The van der Waals surface area contributed by atoms with Crippen molar-refractivity contribution in [1.82, 2.24) is 4.90 Å². The number of thiol groups is 1. The van der Waals surface area contributed by atoms with E-state index in [4.69, 9.17) is 9.63 Å². The van der Waals surface area contributed by atoms with Gasteiger partial charge in [-0.15, -0.1) is 0 Å². The zero-order valence-corrected chi connectivity index (χ0v) is 13.8. The van der Waals surface area contributed by atoms with Gasteiger partial charge in [0.05, 0.1) is 5.56 Å². The Kier molecular flexibility index (Phi) is 5.63. The summed E-state index contributed by atoms with van der Waals surface area (Å²) in [4.78, 5) is 36.5. The lowest BCUT2D eigenvalue weighted by Gasteiger charge is -2.22. The fraction of sp³-hybridized carbons (Fsp3) is 0.286. The summed E-state index contributed by atoms with van der Waals surface area (Å²) < 4.78 is 4.81. The van der Waals surface area contributed by atoms with Crippen molar-refractivity contribution in [3.8, 4) is 0 Å². The fourth-order valence-corrected chi connectivity index (χ4v) is 2.92. The first kappa shape index (κ1) is 17.3. The van der Waals surface area contributed by atoms with Crippen molar-refractivity contribution in [2.24, 2.45) is 0 Å². The number of aromatic carboxylic acids is 1. The number of carboxylic acids is 1. The summed E-state index contributed by atoms with van der Waals surface area (Å²) in [5.74, 6) is -1.50.